The summed E-state index contributed by atoms with van der Waals surface area (Å²) in [6.07, 6.45) is 0. The van der Waals surface area contributed by atoms with Crippen molar-refractivity contribution in [2.75, 3.05) is 25.6 Å². The van der Waals surface area contributed by atoms with Crippen molar-refractivity contribution in [3.8, 4) is 5.88 Å². The summed E-state index contributed by atoms with van der Waals surface area (Å²) in [6.45, 7) is 2.33. The van der Waals surface area contributed by atoms with Crippen molar-refractivity contribution in [1.29, 1.82) is 0 Å². The topological polar surface area (TPSA) is 67.3 Å². The molecule has 13 heavy (non-hydrogen) atoms. The van der Waals surface area contributed by atoms with Crippen LogP contribution in [0, 0.1) is 6.92 Å². The van der Waals surface area contributed by atoms with Crippen LogP contribution in [-0.4, -0.2) is 35.3 Å². The van der Waals surface area contributed by atoms with Crippen LogP contribution in [0.25, 0.3) is 0 Å². The molecule has 1 rings (SSSR count). The van der Waals surface area contributed by atoms with Crippen molar-refractivity contribution in [2.24, 2.45) is 0 Å². The van der Waals surface area contributed by atoms with Gasteiger partial charge in [0.1, 0.15) is 11.6 Å². The van der Waals surface area contributed by atoms with E-state index in [2.05, 4.69) is 15.3 Å². The Hall–Kier alpha value is -1.36. The van der Waals surface area contributed by atoms with E-state index in [0.717, 1.165) is 0 Å². The predicted octanol–water partition coefficient (Wildman–Crippen LogP) is 0.198. The SMILES string of the molecule is COc1cc(NCCO)nc(C)n1. The molecule has 5 heteroatoms. The maximum Gasteiger partial charge on any atom is 0.218 e. The standard InChI is InChI=1S/C8H13N3O2/c1-6-10-7(9-3-4-12)5-8(11-6)13-2/h5,12H,3-4H2,1-2H3,(H,9,10,11). The van der Waals surface area contributed by atoms with Gasteiger partial charge < -0.3 is 15.2 Å². The molecule has 1 aromatic rings. The minimum atomic E-state index is 0.0748. The van der Waals surface area contributed by atoms with Crippen molar-refractivity contribution < 1.29 is 9.84 Å². The lowest BCUT2D eigenvalue weighted by atomic mass is 10.5. The summed E-state index contributed by atoms with van der Waals surface area (Å²) in [5.41, 5.74) is 0. The Kier molecular flexibility index (Phi) is 3.45. The van der Waals surface area contributed by atoms with E-state index in [1.807, 2.05) is 0 Å². The third kappa shape index (κ3) is 2.87. The molecule has 0 amide bonds. The van der Waals surface area contributed by atoms with E-state index in [1.54, 1.807) is 20.1 Å². The third-order valence-electron chi connectivity index (χ3n) is 1.44. The van der Waals surface area contributed by atoms with Crippen molar-refractivity contribution >= 4 is 5.82 Å². The molecule has 72 valence electrons. The quantitative estimate of drug-likeness (QED) is 0.697. The Morgan fingerprint density at radius 2 is 2.31 bits per heavy atom. The van der Waals surface area contributed by atoms with Crippen LogP contribution >= 0.6 is 0 Å². The van der Waals surface area contributed by atoms with Crippen molar-refractivity contribution in [1.82, 2.24) is 9.97 Å². The molecule has 2 N–H and O–H groups in total. The Morgan fingerprint density at radius 1 is 1.54 bits per heavy atom. The van der Waals surface area contributed by atoms with Gasteiger partial charge in [0.2, 0.25) is 5.88 Å². The van der Waals surface area contributed by atoms with Gasteiger partial charge in [-0.25, -0.2) is 4.98 Å². The average molecular weight is 183 g/mol. The summed E-state index contributed by atoms with van der Waals surface area (Å²) in [7, 11) is 1.55. The number of aromatic nitrogens is 2. The number of hydrogen-bond acceptors (Lipinski definition) is 5. The van der Waals surface area contributed by atoms with Crippen LogP contribution in [0.3, 0.4) is 0 Å². The Labute approximate surface area is 76.8 Å². The predicted molar refractivity (Wildman–Crippen MR) is 48.9 cm³/mol. The number of aliphatic hydroxyl groups excluding tert-OH is 1. The van der Waals surface area contributed by atoms with Gasteiger partial charge in [0.15, 0.2) is 0 Å². The highest BCUT2D eigenvalue weighted by Gasteiger charge is 1.99. The lowest BCUT2D eigenvalue weighted by Gasteiger charge is -2.05. The van der Waals surface area contributed by atoms with Crippen molar-refractivity contribution in [3.05, 3.63) is 11.9 Å². The number of ether oxygens (including phenoxy) is 1. The van der Waals surface area contributed by atoms with Crippen LogP contribution in [0.4, 0.5) is 5.82 Å². The van der Waals surface area contributed by atoms with Crippen LogP contribution in [0.1, 0.15) is 5.82 Å². The van der Waals surface area contributed by atoms with Crippen LogP contribution in [0.2, 0.25) is 0 Å². The first-order valence-corrected chi connectivity index (χ1v) is 4.00. The third-order valence-corrected chi connectivity index (χ3v) is 1.44. The second kappa shape index (κ2) is 4.61. The molecule has 0 aliphatic carbocycles. The second-order valence-electron chi connectivity index (χ2n) is 2.49. The maximum absolute atomic E-state index is 8.59. The molecule has 0 bridgehead atoms. The minimum absolute atomic E-state index is 0.0748. The first-order valence-electron chi connectivity index (χ1n) is 4.00. The fourth-order valence-electron chi connectivity index (χ4n) is 0.919. The molecule has 0 aliphatic rings. The Bertz CT molecular complexity index is 278. The number of anilines is 1. The number of nitrogens with one attached hydrogen (secondary N) is 1. The highest BCUT2D eigenvalue weighted by Crippen LogP contribution is 2.11. The number of rotatable bonds is 4. The van der Waals surface area contributed by atoms with Gasteiger partial charge >= 0.3 is 0 Å². The summed E-state index contributed by atoms with van der Waals surface area (Å²) in [5, 5.41) is 11.5. The largest absolute Gasteiger partial charge is 0.481 e. The summed E-state index contributed by atoms with van der Waals surface area (Å²) in [5.74, 6) is 1.83. The number of aryl methyl sites for hydroxylation is 1. The zero-order valence-corrected chi connectivity index (χ0v) is 7.74. The van der Waals surface area contributed by atoms with Gasteiger partial charge in [-0.2, -0.15) is 4.98 Å². The van der Waals surface area contributed by atoms with E-state index < -0.39 is 0 Å². The lowest BCUT2D eigenvalue weighted by molar-refractivity contribution is 0.311. The van der Waals surface area contributed by atoms with E-state index in [0.29, 0.717) is 24.1 Å². The first-order chi connectivity index (χ1) is 6.26. The van der Waals surface area contributed by atoms with E-state index in [-0.39, 0.29) is 6.61 Å². The van der Waals surface area contributed by atoms with Crippen LogP contribution < -0.4 is 10.1 Å². The molecule has 1 aromatic heterocycles. The van der Waals surface area contributed by atoms with E-state index in [1.165, 1.54) is 0 Å². The number of hydrogen-bond donors (Lipinski definition) is 2. The van der Waals surface area contributed by atoms with Gasteiger partial charge in [0.05, 0.1) is 13.7 Å². The van der Waals surface area contributed by atoms with Gasteiger partial charge in [-0.05, 0) is 6.92 Å². The molecule has 0 aromatic carbocycles. The number of methoxy groups -OCH3 is 1. The van der Waals surface area contributed by atoms with Crippen molar-refractivity contribution in [2.45, 2.75) is 6.92 Å². The van der Waals surface area contributed by atoms with Gasteiger partial charge in [-0.3, -0.25) is 0 Å². The summed E-state index contributed by atoms with van der Waals surface area (Å²) < 4.78 is 4.96. The molecule has 5 nitrogen and oxygen atoms in total. The Balaban J connectivity index is 2.76. The summed E-state index contributed by atoms with van der Waals surface area (Å²) in [6, 6.07) is 1.68. The zero-order chi connectivity index (χ0) is 9.68. The molecule has 0 atom stereocenters. The minimum Gasteiger partial charge on any atom is -0.481 e. The number of aliphatic hydroxyl groups is 1. The van der Waals surface area contributed by atoms with Gasteiger partial charge in [-0.15, -0.1) is 0 Å². The molecular weight excluding hydrogens is 170 g/mol. The zero-order valence-electron chi connectivity index (χ0n) is 7.74. The van der Waals surface area contributed by atoms with Crippen molar-refractivity contribution in [3.63, 3.8) is 0 Å². The number of nitrogens with zero attached hydrogens (tertiary/aromatic N) is 2. The van der Waals surface area contributed by atoms with Gasteiger partial charge in [-0.1, -0.05) is 0 Å². The Morgan fingerprint density at radius 3 is 2.92 bits per heavy atom. The highest BCUT2D eigenvalue weighted by molar-refractivity contribution is 5.38. The fourth-order valence-corrected chi connectivity index (χ4v) is 0.919. The molecule has 0 radical (unpaired) electrons. The van der Waals surface area contributed by atoms with E-state index >= 15 is 0 Å². The van der Waals surface area contributed by atoms with Gasteiger partial charge in [0, 0.05) is 12.6 Å². The summed E-state index contributed by atoms with van der Waals surface area (Å²) >= 11 is 0. The molecule has 0 aliphatic heterocycles. The highest BCUT2D eigenvalue weighted by atomic mass is 16.5. The molecule has 0 saturated carbocycles. The molecule has 0 unspecified atom stereocenters. The monoisotopic (exact) mass is 183 g/mol. The molecule has 0 spiro atoms. The van der Waals surface area contributed by atoms with E-state index in [4.69, 9.17) is 9.84 Å². The van der Waals surface area contributed by atoms with E-state index in [9.17, 15) is 0 Å². The average Bonchev–Trinajstić information content (AvgIpc) is 2.14. The summed E-state index contributed by atoms with van der Waals surface area (Å²) in [4.78, 5) is 8.13. The lowest BCUT2D eigenvalue weighted by Crippen LogP contribution is -2.08. The molecular formula is C8H13N3O2. The molecule has 1 heterocycles. The fraction of sp³-hybridized carbons (Fsp3) is 0.500. The normalized spacial score (nSPS) is 9.77. The van der Waals surface area contributed by atoms with Crippen LogP contribution in [-0.2, 0) is 0 Å². The van der Waals surface area contributed by atoms with Crippen LogP contribution in [0.15, 0.2) is 6.07 Å². The smallest absolute Gasteiger partial charge is 0.218 e. The molecule has 0 fully saturated rings. The maximum atomic E-state index is 8.59. The van der Waals surface area contributed by atoms with Gasteiger partial charge in [0.25, 0.3) is 0 Å². The second-order valence-corrected chi connectivity index (χ2v) is 2.49. The first kappa shape index (κ1) is 9.73. The van der Waals surface area contributed by atoms with Crippen LogP contribution in [0.5, 0.6) is 5.88 Å². The molecule has 0 saturated heterocycles.